The second-order valence-corrected chi connectivity index (χ2v) is 10.5. The molecule has 7 nitrogen and oxygen atoms in total. The molecule has 1 aliphatic carbocycles. The number of hydrogen-bond donors (Lipinski definition) is 1. The third-order valence-electron chi connectivity index (χ3n) is 7.53. The molecule has 1 N–H and O–H groups in total. The fraction of sp³-hybridized carbons (Fsp3) is 0.438. The summed E-state index contributed by atoms with van der Waals surface area (Å²) in [7, 11) is 1.64. The van der Waals surface area contributed by atoms with Crippen LogP contribution in [-0.4, -0.2) is 59.2 Å². The second kappa shape index (κ2) is 15.2. The molecule has 8 heteroatoms. The van der Waals surface area contributed by atoms with Crippen molar-refractivity contribution in [1.29, 1.82) is 0 Å². The predicted octanol–water partition coefficient (Wildman–Crippen LogP) is 5.59. The number of carbonyl (C=O) groups excluding carboxylic acids is 2. The first-order valence-corrected chi connectivity index (χ1v) is 14.3. The number of benzene rings is 2. The predicted molar refractivity (Wildman–Crippen MR) is 154 cm³/mol. The molecule has 0 radical (unpaired) electrons. The molecule has 1 saturated carbocycles. The molecule has 3 amide bonds. The number of hydrogen-bond acceptors (Lipinski definition) is 3. The molecule has 1 heterocycles. The van der Waals surface area contributed by atoms with Crippen molar-refractivity contribution in [2.75, 3.05) is 26.8 Å². The summed E-state index contributed by atoms with van der Waals surface area (Å²) in [4.78, 5) is 30.7. The maximum absolute atomic E-state index is 13.9. The number of carbonyl (C=O) groups is 2. The zero-order valence-corrected chi connectivity index (χ0v) is 23.4. The lowest BCUT2D eigenvalue weighted by Gasteiger charge is -2.36. The van der Waals surface area contributed by atoms with Crippen LogP contribution in [0.1, 0.15) is 55.3 Å². The van der Waals surface area contributed by atoms with E-state index in [1.54, 1.807) is 24.1 Å². The van der Waals surface area contributed by atoms with Gasteiger partial charge < -0.3 is 24.4 Å². The van der Waals surface area contributed by atoms with Crippen molar-refractivity contribution in [3.63, 3.8) is 0 Å². The Morgan fingerprint density at radius 1 is 0.975 bits per heavy atom. The van der Waals surface area contributed by atoms with Crippen molar-refractivity contribution in [3.8, 4) is 0 Å². The van der Waals surface area contributed by atoms with Crippen LogP contribution >= 0.6 is 0 Å². The van der Waals surface area contributed by atoms with E-state index in [2.05, 4.69) is 9.88 Å². The van der Waals surface area contributed by atoms with E-state index in [9.17, 15) is 14.0 Å². The SMILES string of the molecule is COCCCN(CC(=O)N(Cc1cccn1Cc1ccc(F)cc1)C1CCCCC1)C(=O)NCc1ccccc1. The Morgan fingerprint density at radius 2 is 1.73 bits per heavy atom. The van der Waals surface area contributed by atoms with E-state index >= 15 is 0 Å². The molecule has 1 aromatic heterocycles. The van der Waals surface area contributed by atoms with Crippen molar-refractivity contribution in [1.82, 2.24) is 19.7 Å². The Hall–Kier alpha value is -3.65. The van der Waals surface area contributed by atoms with Crippen LogP contribution in [0.3, 0.4) is 0 Å². The maximum Gasteiger partial charge on any atom is 0.318 e. The van der Waals surface area contributed by atoms with Crippen LogP contribution < -0.4 is 5.32 Å². The summed E-state index contributed by atoms with van der Waals surface area (Å²) in [5.41, 5.74) is 3.02. The molecule has 0 atom stereocenters. The van der Waals surface area contributed by atoms with Crippen molar-refractivity contribution >= 4 is 11.9 Å². The Labute approximate surface area is 236 Å². The fourth-order valence-corrected chi connectivity index (χ4v) is 5.31. The molecule has 0 bridgehead atoms. The van der Waals surface area contributed by atoms with Gasteiger partial charge in [-0.2, -0.15) is 0 Å². The van der Waals surface area contributed by atoms with Gasteiger partial charge in [-0.15, -0.1) is 0 Å². The fourth-order valence-electron chi connectivity index (χ4n) is 5.31. The molecule has 214 valence electrons. The first kappa shape index (κ1) is 29.3. The lowest BCUT2D eigenvalue weighted by Crippen LogP contribution is -2.50. The van der Waals surface area contributed by atoms with Crippen LogP contribution in [0, 0.1) is 5.82 Å². The molecule has 0 unspecified atom stereocenters. The zero-order valence-electron chi connectivity index (χ0n) is 23.4. The van der Waals surface area contributed by atoms with Gasteiger partial charge in [0.2, 0.25) is 5.91 Å². The highest BCUT2D eigenvalue weighted by molar-refractivity contribution is 5.84. The van der Waals surface area contributed by atoms with Gasteiger partial charge in [0.05, 0.1) is 6.54 Å². The Morgan fingerprint density at radius 3 is 2.45 bits per heavy atom. The topological polar surface area (TPSA) is 66.8 Å². The van der Waals surface area contributed by atoms with E-state index in [4.69, 9.17) is 4.74 Å². The van der Waals surface area contributed by atoms with E-state index in [1.165, 1.54) is 18.6 Å². The molecule has 2 aromatic carbocycles. The summed E-state index contributed by atoms with van der Waals surface area (Å²) in [6, 6.07) is 20.2. The summed E-state index contributed by atoms with van der Waals surface area (Å²) in [6.45, 7) is 2.42. The van der Waals surface area contributed by atoms with Gasteiger partial charge in [-0.25, -0.2) is 9.18 Å². The normalized spacial score (nSPS) is 13.7. The monoisotopic (exact) mass is 548 g/mol. The van der Waals surface area contributed by atoms with E-state index in [0.717, 1.165) is 42.5 Å². The first-order chi connectivity index (χ1) is 19.5. The van der Waals surface area contributed by atoms with Crippen molar-refractivity contribution in [3.05, 3.63) is 95.6 Å². The number of ether oxygens (including phenoxy) is 1. The van der Waals surface area contributed by atoms with Gasteiger partial charge >= 0.3 is 6.03 Å². The van der Waals surface area contributed by atoms with Crippen LogP contribution in [0.4, 0.5) is 9.18 Å². The highest BCUT2D eigenvalue weighted by Gasteiger charge is 2.28. The molecule has 40 heavy (non-hydrogen) atoms. The van der Waals surface area contributed by atoms with Crippen LogP contribution in [-0.2, 0) is 29.2 Å². The number of urea groups is 1. The molecule has 1 aliphatic rings. The molecule has 4 rings (SSSR count). The second-order valence-electron chi connectivity index (χ2n) is 10.5. The van der Waals surface area contributed by atoms with Crippen LogP contribution in [0.2, 0.25) is 0 Å². The van der Waals surface area contributed by atoms with Crippen LogP contribution in [0.5, 0.6) is 0 Å². The van der Waals surface area contributed by atoms with Gasteiger partial charge in [0.15, 0.2) is 0 Å². The minimum atomic E-state index is -0.256. The maximum atomic E-state index is 13.9. The van der Waals surface area contributed by atoms with Crippen molar-refractivity contribution in [2.24, 2.45) is 0 Å². The van der Waals surface area contributed by atoms with Gasteiger partial charge in [0, 0.05) is 51.3 Å². The van der Waals surface area contributed by atoms with Crippen molar-refractivity contribution in [2.45, 2.75) is 64.2 Å². The first-order valence-electron chi connectivity index (χ1n) is 14.3. The highest BCUT2D eigenvalue weighted by atomic mass is 19.1. The van der Waals surface area contributed by atoms with Gasteiger partial charge in [-0.05, 0) is 54.7 Å². The molecular weight excluding hydrogens is 507 g/mol. The van der Waals surface area contributed by atoms with E-state index in [1.807, 2.05) is 53.6 Å². The Kier molecular flexibility index (Phi) is 11.2. The van der Waals surface area contributed by atoms with Gasteiger partial charge in [-0.3, -0.25) is 4.79 Å². The number of aromatic nitrogens is 1. The lowest BCUT2D eigenvalue weighted by molar-refractivity contribution is -0.135. The molecule has 0 saturated heterocycles. The number of nitrogens with one attached hydrogen (secondary N) is 1. The van der Waals surface area contributed by atoms with E-state index < -0.39 is 0 Å². The van der Waals surface area contributed by atoms with Gasteiger partial charge in [-0.1, -0.05) is 61.7 Å². The minimum absolute atomic E-state index is 0.0134. The molecule has 0 spiro atoms. The Balaban J connectivity index is 1.48. The molecule has 1 fully saturated rings. The van der Waals surface area contributed by atoms with E-state index in [0.29, 0.717) is 39.2 Å². The number of nitrogens with zero attached hydrogens (tertiary/aromatic N) is 3. The van der Waals surface area contributed by atoms with Crippen LogP contribution in [0.15, 0.2) is 72.9 Å². The summed E-state index contributed by atoms with van der Waals surface area (Å²) < 4.78 is 20.7. The largest absolute Gasteiger partial charge is 0.385 e. The summed E-state index contributed by atoms with van der Waals surface area (Å²) in [5.74, 6) is -0.304. The Bertz CT molecular complexity index is 1190. The van der Waals surface area contributed by atoms with Gasteiger partial charge in [0.1, 0.15) is 12.4 Å². The summed E-state index contributed by atoms with van der Waals surface area (Å²) in [5, 5.41) is 2.98. The number of rotatable bonds is 13. The van der Waals surface area contributed by atoms with E-state index in [-0.39, 0.29) is 30.3 Å². The molecule has 3 aromatic rings. The molecule has 0 aliphatic heterocycles. The zero-order chi connectivity index (χ0) is 28.2. The summed E-state index contributed by atoms with van der Waals surface area (Å²) >= 11 is 0. The average molecular weight is 549 g/mol. The van der Waals surface area contributed by atoms with Gasteiger partial charge in [0.25, 0.3) is 0 Å². The van der Waals surface area contributed by atoms with Crippen LogP contribution in [0.25, 0.3) is 0 Å². The minimum Gasteiger partial charge on any atom is -0.385 e. The third-order valence-corrected chi connectivity index (χ3v) is 7.53. The third kappa shape index (κ3) is 8.68. The highest BCUT2D eigenvalue weighted by Crippen LogP contribution is 2.25. The number of methoxy groups -OCH3 is 1. The number of halogens is 1. The van der Waals surface area contributed by atoms with Crippen molar-refractivity contribution < 1.29 is 18.7 Å². The quantitative estimate of drug-likeness (QED) is 0.284. The summed E-state index contributed by atoms with van der Waals surface area (Å²) in [6.07, 6.45) is 7.95. The lowest BCUT2D eigenvalue weighted by atomic mass is 9.94. The number of amides is 3. The molecular formula is C32H41FN4O3. The smallest absolute Gasteiger partial charge is 0.318 e. The standard InChI is InChI=1S/C32H41FN4O3/c1-40-21-9-20-36(32(39)34-22-26-10-4-2-5-11-26)25-31(38)37(29-12-6-3-7-13-29)24-30-14-8-19-35(30)23-27-15-17-28(33)18-16-27/h2,4-5,8,10-11,14-19,29H,3,6-7,9,12-13,20-25H2,1H3,(H,34,39). The average Bonchev–Trinajstić information content (AvgIpc) is 3.42.